The largest absolute Gasteiger partial charge is 0.508 e. The Morgan fingerprint density at radius 3 is 2.69 bits per heavy atom. The fourth-order valence-electron chi connectivity index (χ4n) is 3.69. The highest BCUT2D eigenvalue weighted by molar-refractivity contribution is 5.34. The number of piperidine rings is 1. The van der Waals surface area contributed by atoms with Crippen molar-refractivity contribution in [2.75, 3.05) is 19.7 Å². The van der Waals surface area contributed by atoms with Crippen LogP contribution in [0.3, 0.4) is 0 Å². The maximum atomic E-state index is 14.1. The van der Waals surface area contributed by atoms with Gasteiger partial charge in [-0.05, 0) is 68.6 Å². The van der Waals surface area contributed by atoms with Gasteiger partial charge in [0.15, 0.2) is 5.82 Å². The molecule has 29 heavy (non-hydrogen) atoms. The fraction of sp³-hybridized carbons (Fsp3) is 0.364. The third kappa shape index (κ3) is 4.74. The van der Waals surface area contributed by atoms with Gasteiger partial charge in [-0.2, -0.15) is 9.67 Å². The molecule has 1 aliphatic rings. The van der Waals surface area contributed by atoms with Crippen LogP contribution in [0.15, 0.2) is 48.5 Å². The standard InChI is InChI=1S/C22H25FN4O2/c1-16-24-22(27(25-16)21-8-3-2-7-20(21)23)29-15-17-9-11-26(12-10-17)14-18-5-4-6-19(28)13-18/h2-8,13,17,28H,9-12,14-15H2,1H3. The second-order valence-corrected chi connectivity index (χ2v) is 7.51. The summed E-state index contributed by atoms with van der Waals surface area (Å²) in [5.41, 5.74) is 1.46. The zero-order valence-corrected chi connectivity index (χ0v) is 16.5. The van der Waals surface area contributed by atoms with Gasteiger partial charge in [-0.15, -0.1) is 5.10 Å². The van der Waals surface area contributed by atoms with Gasteiger partial charge in [0.25, 0.3) is 0 Å². The molecule has 0 unspecified atom stereocenters. The van der Waals surface area contributed by atoms with Crippen LogP contribution in [0, 0.1) is 18.7 Å². The van der Waals surface area contributed by atoms with E-state index in [2.05, 4.69) is 15.0 Å². The van der Waals surface area contributed by atoms with Crippen molar-refractivity contribution in [1.29, 1.82) is 0 Å². The molecule has 0 amide bonds. The first-order valence-electron chi connectivity index (χ1n) is 9.90. The second-order valence-electron chi connectivity index (χ2n) is 7.51. The smallest absolute Gasteiger partial charge is 0.320 e. The molecule has 1 aromatic heterocycles. The molecule has 0 bridgehead atoms. The number of hydrogen-bond acceptors (Lipinski definition) is 5. The lowest BCUT2D eigenvalue weighted by atomic mass is 9.97. The summed E-state index contributed by atoms with van der Waals surface area (Å²) in [5.74, 6) is 0.910. The molecule has 0 spiro atoms. The number of hydrogen-bond donors (Lipinski definition) is 1. The predicted octanol–water partition coefficient (Wildman–Crippen LogP) is 3.71. The summed E-state index contributed by atoms with van der Waals surface area (Å²) in [5, 5.41) is 13.9. The number of likely N-dealkylation sites (tertiary alicyclic amines) is 1. The zero-order chi connectivity index (χ0) is 20.2. The van der Waals surface area contributed by atoms with Crippen LogP contribution >= 0.6 is 0 Å². The molecule has 7 heteroatoms. The molecular formula is C22H25FN4O2. The fourth-order valence-corrected chi connectivity index (χ4v) is 3.69. The van der Waals surface area contributed by atoms with Gasteiger partial charge in [0, 0.05) is 6.54 Å². The first-order valence-corrected chi connectivity index (χ1v) is 9.90. The Kier molecular flexibility index (Phi) is 5.76. The quantitative estimate of drug-likeness (QED) is 0.688. The molecule has 0 radical (unpaired) electrons. The van der Waals surface area contributed by atoms with Gasteiger partial charge in [0.2, 0.25) is 0 Å². The van der Waals surface area contributed by atoms with Crippen LogP contribution in [0.2, 0.25) is 0 Å². The monoisotopic (exact) mass is 396 g/mol. The van der Waals surface area contributed by atoms with Crippen molar-refractivity contribution in [1.82, 2.24) is 19.7 Å². The first-order chi connectivity index (χ1) is 14.1. The maximum absolute atomic E-state index is 14.1. The highest BCUT2D eigenvalue weighted by atomic mass is 19.1. The van der Waals surface area contributed by atoms with Crippen molar-refractivity contribution in [2.45, 2.75) is 26.3 Å². The number of aryl methyl sites for hydroxylation is 1. The number of phenols is 1. The third-order valence-corrected chi connectivity index (χ3v) is 5.24. The predicted molar refractivity (Wildman–Crippen MR) is 108 cm³/mol. The van der Waals surface area contributed by atoms with Crippen LogP contribution in [-0.2, 0) is 6.54 Å². The van der Waals surface area contributed by atoms with Crippen molar-refractivity contribution in [3.05, 3.63) is 65.7 Å². The van der Waals surface area contributed by atoms with E-state index in [1.54, 1.807) is 31.2 Å². The van der Waals surface area contributed by atoms with E-state index in [1.165, 1.54) is 10.7 Å². The summed E-state index contributed by atoms with van der Waals surface area (Å²) in [6.45, 7) is 5.09. The Hall–Kier alpha value is -2.93. The van der Waals surface area contributed by atoms with Crippen LogP contribution < -0.4 is 4.74 Å². The molecular weight excluding hydrogens is 371 g/mol. The summed E-state index contributed by atoms with van der Waals surface area (Å²) in [4.78, 5) is 6.71. The molecule has 152 valence electrons. The molecule has 1 saturated heterocycles. The molecule has 1 fully saturated rings. The van der Waals surface area contributed by atoms with E-state index in [0.717, 1.165) is 38.0 Å². The Balaban J connectivity index is 1.33. The third-order valence-electron chi connectivity index (χ3n) is 5.24. The lowest BCUT2D eigenvalue weighted by Crippen LogP contribution is -2.35. The van der Waals surface area contributed by atoms with E-state index >= 15 is 0 Å². The van der Waals surface area contributed by atoms with Gasteiger partial charge >= 0.3 is 6.01 Å². The van der Waals surface area contributed by atoms with E-state index in [9.17, 15) is 9.50 Å². The Labute approximate surface area is 169 Å². The minimum Gasteiger partial charge on any atom is -0.508 e. The number of aromatic hydroxyl groups is 1. The van der Waals surface area contributed by atoms with Crippen molar-refractivity contribution < 1.29 is 14.2 Å². The molecule has 2 aromatic carbocycles. The lowest BCUT2D eigenvalue weighted by Gasteiger charge is -2.31. The van der Waals surface area contributed by atoms with E-state index in [1.807, 2.05) is 18.2 Å². The Bertz CT molecular complexity index is 967. The highest BCUT2D eigenvalue weighted by Crippen LogP contribution is 2.23. The summed E-state index contributed by atoms with van der Waals surface area (Å²) in [6.07, 6.45) is 2.04. The van der Waals surface area contributed by atoms with Gasteiger partial charge in [0.05, 0.1) is 6.61 Å². The summed E-state index contributed by atoms with van der Waals surface area (Å²) < 4.78 is 21.5. The topological polar surface area (TPSA) is 63.4 Å². The molecule has 1 aliphatic heterocycles. The molecule has 6 nitrogen and oxygen atoms in total. The molecule has 1 N–H and O–H groups in total. The molecule has 4 rings (SSSR count). The van der Waals surface area contributed by atoms with Crippen LogP contribution in [0.1, 0.15) is 24.2 Å². The number of para-hydroxylation sites is 1. The van der Waals surface area contributed by atoms with Gasteiger partial charge in [0.1, 0.15) is 17.3 Å². The van der Waals surface area contributed by atoms with Crippen LogP contribution in [0.4, 0.5) is 4.39 Å². The van der Waals surface area contributed by atoms with E-state index < -0.39 is 0 Å². The van der Waals surface area contributed by atoms with Gasteiger partial charge in [-0.25, -0.2) is 4.39 Å². The van der Waals surface area contributed by atoms with Crippen molar-refractivity contribution >= 4 is 0 Å². The van der Waals surface area contributed by atoms with Crippen molar-refractivity contribution in [2.24, 2.45) is 5.92 Å². The van der Waals surface area contributed by atoms with Gasteiger partial charge in [-0.3, -0.25) is 4.90 Å². The summed E-state index contributed by atoms with van der Waals surface area (Å²) in [7, 11) is 0. The van der Waals surface area contributed by atoms with Crippen molar-refractivity contribution in [3.63, 3.8) is 0 Å². The minimum absolute atomic E-state index is 0.306. The zero-order valence-electron chi connectivity index (χ0n) is 16.5. The average Bonchev–Trinajstić information content (AvgIpc) is 3.08. The van der Waals surface area contributed by atoms with Gasteiger partial charge in [-0.1, -0.05) is 24.3 Å². The average molecular weight is 396 g/mol. The molecule has 0 atom stereocenters. The normalized spacial score (nSPS) is 15.5. The molecule has 3 aromatic rings. The number of halogens is 1. The van der Waals surface area contributed by atoms with Crippen LogP contribution in [0.25, 0.3) is 5.69 Å². The lowest BCUT2D eigenvalue weighted by molar-refractivity contribution is 0.130. The minimum atomic E-state index is -0.359. The summed E-state index contributed by atoms with van der Waals surface area (Å²) in [6, 6.07) is 14.2. The number of benzene rings is 2. The summed E-state index contributed by atoms with van der Waals surface area (Å²) >= 11 is 0. The number of rotatable bonds is 6. The van der Waals surface area contributed by atoms with Crippen LogP contribution in [-0.4, -0.2) is 44.5 Å². The SMILES string of the molecule is Cc1nc(OCC2CCN(Cc3cccc(O)c3)CC2)n(-c2ccccc2F)n1. The van der Waals surface area contributed by atoms with E-state index in [-0.39, 0.29) is 5.82 Å². The maximum Gasteiger partial charge on any atom is 0.320 e. The number of ether oxygens (including phenoxy) is 1. The van der Waals surface area contributed by atoms with Crippen LogP contribution in [0.5, 0.6) is 11.8 Å². The highest BCUT2D eigenvalue weighted by Gasteiger charge is 2.22. The first kappa shape index (κ1) is 19.4. The molecule has 0 saturated carbocycles. The number of aromatic nitrogens is 3. The van der Waals surface area contributed by atoms with E-state index in [0.29, 0.717) is 35.8 Å². The second kappa shape index (κ2) is 8.61. The van der Waals surface area contributed by atoms with Gasteiger partial charge < -0.3 is 9.84 Å². The molecule has 2 heterocycles. The number of phenolic OH excluding ortho intramolecular Hbond substituents is 1. The molecule has 0 aliphatic carbocycles. The Morgan fingerprint density at radius 2 is 1.93 bits per heavy atom. The van der Waals surface area contributed by atoms with E-state index in [4.69, 9.17) is 4.74 Å². The van der Waals surface area contributed by atoms with Crippen molar-refractivity contribution in [3.8, 4) is 17.4 Å². The Morgan fingerprint density at radius 1 is 1.14 bits per heavy atom. The number of nitrogens with zero attached hydrogens (tertiary/aromatic N) is 4.